The highest BCUT2D eigenvalue weighted by Crippen LogP contribution is 2.18. The third-order valence-electron chi connectivity index (χ3n) is 5.76. The Kier molecular flexibility index (Phi) is 11.9. The van der Waals surface area contributed by atoms with E-state index in [2.05, 4.69) is 45.1 Å². The molecule has 0 bridgehead atoms. The molecule has 1 unspecified atom stereocenters. The molecule has 0 aliphatic carbocycles. The predicted molar refractivity (Wildman–Crippen MR) is 140 cm³/mol. The molecule has 1 amide bonds. The van der Waals surface area contributed by atoms with Gasteiger partial charge in [-0.15, -0.1) is 0 Å². The van der Waals surface area contributed by atoms with Gasteiger partial charge in [0, 0.05) is 6.04 Å². The number of carbonyl (C=O) groups is 1. The first kappa shape index (κ1) is 27.6. The fraction of sp³-hybridized carbons (Fsp3) is 0.483. The molecule has 186 valence electrons. The molecule has 0 aromatic heterocycles. The first-order valence-corrected chi connectivity index (χ1v) is 12.4. The molecule has 1 fully saturated rings. The maximum Gasteiger partial charge on any atom is 0.408 e. The van der Waals surface area contributed by atoms with Crippen LogP contribution in [0.4, 0.5) is 4.79 Å². The summed E-state index contributed by atoms with van der Waals surface area (Å²) < 4.78 is 5.26. The van der Waals surface area contributed by atoms with E-state index < -0.39 is 0 Å². The number of aryl methyl sites for hydroxylation is 1. The van der Waals surface area contributed by atoms with E-state index in [9.17, 15) is 9.90 Å². The zero-order chi connectivity index (χ0) is 24.9. The lowest BCUT2D eigenvalue weighted by Gasteiger charge is -2.20. The molecule has 0 radical (unpaired) electrons. The summed E-state index contributed by atoms with van der Waals surface area (Å²) in [7, 11) is 0. The molecule has 4 atom stereocenters. The van der Waals surface area contributed by atoms with Gasteiger partial charge in [-0.3, -0.25) is 0 Å². The Morgan fingerprint density at radius 1 is 1.00 bits per heavy atom. The van der Waals surface area contributed by atoms with Gasteiger partial charge in [0.05, 0.1) is 12.1 Å². The van der Waals surface area contributed by atoms with Crippen LogP contribution >= 0.6 is 0 Å². The largest absolute Gasteiger partial charge is 0.440 e. The summed E-state index contributed by atoms with van der Waals surface area (Å²) in [6, 6.07) is 20.2. The number of nitrogens with two attached hydrogens (primary N) is 1. The zero-order valence-corrected chi connectivity index (χ0v) is 21.1. The van der Waals surface area contributed by atoms with Crippen molar-refractivity contribution >= 4 is 12.2 Å². The summed E-state index contributed by atoms with van der Waals surface area (Å²) in [6.45, 7) is 8.54. The number of cyclic esters (lactones) is 1. The van der Waals surface area contributed by atoms with Crippen molar-refractivity contribution in [3.05, 3.63) is 77.9 Å². The zero-order valence-electron chi connectivity index (χ0n) is 21.1. The number of aliphatic hydroxyl groups excluding tert-OH is 1. The summed E-state index contributed by atoms with van der Waals surface area (Å²) in [4.78, 5) is 11.3. The highest BCUT2D eigenvalue weighted by molar-refractivity contribution is 5.71. The Morgan fingerprint density at radius 2 is 1.62 bits per heavy atom. The van der Waals surface area contributed by atoms with Gasteiger partial charge in [0.1, 0.15) is 6.10 Å². The lowest BCUT2D eigenvalue weighted by molar-refractivity contribution is 0.125. The fourth-order valence-corrected chi connectivity index (χ4v) is 3.99. The fourth-order valence-electron chi connectivity index (χ4n) is 3.99. The maximum absolute atomic E-state index is 11.3. The molecule has 1 aliphatic rings. The topological polar surface area (TPSA) is 84.6 Å². The standard InChI is InChI=1S/C15H19NO2.C14H23NO/c1-11(2)10-13-14(18-15(17)16-13)9-8-12-6-4-3-5-7-12;1-11(2)10-13(15)14(16)9-8-12-6-4-3-5-7-12/h3-9,11,13-14H,10H2,1-2H3,(H,16,17);3-7,11,13-14,16H,8-10,15H2,1-2H3/b9-8+;/t13-,14?;13-,14-/m00/s1. The van der Waals surface area contributed by atoms with Crippen molar-refractivity contribution in [3.8, 4) is 0 Å². The van der Waals surface area contributed by atoms with Crippen LogP contribution in [0.25, 0.3) is 6.08 Å². The van der Waals surface area contributed by atoms with E-state index in [0.717, 1.165) is 31.2 Å². The molecule has 5 heteroatoms. The van der Waals surface area contributed by atoms with Crippen LogP contribution < -0.4 is 11.1 Å². The van der Waals surface area contributed by atoms with Crippen LogP contribution in [-0.4, -0.2) is 35.5 Å². The van der Waals surface area contributed by atoms with Crippen LogP contribution in [0.5, 0.6) is 0 Å². The minimum Gasteiger partial charge on any atom is -0.440 e. The Balaban J connectivity index is 0.000000242. The highest BCUT2D eigenvalue weighted by atomic mass is 16.6. The second-order valence-electron chi connectivity index (χ2n) is 9.91. The molecule has 1 aliphatic heterocycles. The van der Waals surface area contributed by atoms with E-state index >= 15 is 0 Å². The predicted octanol–water partition coefficient (Wildman–Crippen LogP) is 5.58. The lowest BCUT2D eigenvalue weighted by Crippen LogP contribution is -2.36. The normalized spacial score (nSPS) is 19.5. The number of nitrogens with one attached hydrogen (secondary N) is 1. The minimum absolute atomic E-state index is 0.0810. The lowest BCUT2D eigenvalue weighted by atomic mass is 9.96. The van der Waals surface area contributed by atoms with Crippen molar-refractivity contribution in [1.82, 2.24) is 5.32 Å². The summed E-state index contributed by atoms with van der Waals surface area (Å²) >= 11 is 0. The van der Waals surface area contributed by atoms with Crippen LogP contribution in [0.3, 0.4) is 0 Å². The van der Waals surface area contributed by atoms with Crippen molar-refractivity contribution in [2.24, 2.45) is 17.6 Å². The van der Waals surface area contributed by atoms with Gasteiger partial charge in [-0.1, -0.05) is 94.4 Å². The quantitative estimate of drug-likeness (QED) is 0.427. The third kappa shape index (κ3) is 10.5. The van der Waals surface area contributed by atoms with E-state index in [1.807, 2.05) is 60.7 Å². The first-order valence-electron chi connectivity index (χ1n) is 12.4. The first-order chi connectivity index (χ1) is 16.2. The number of benzene rings is 2. The van der Waals surface area contributed by atoms with E-state index in [4.69, 9.17) is 10.5 Å². The number of carbonyl (C=O) groups excluding carboxylic acids is 1. The maximum atomic E-state index is 11.3. The van der Waals surface area contributed by atoms with Crippen molar-refractivity contribution in [3.63, 3.8) is 0 Å². The van der Waals surface area contributed by atoms with Gasteiger partial charge in [-0.05, 0) is 54.7 Å². The van der Waals surface area contributed by atoms with Gasteiger partial charge in [0.2, 0.25) is 0 Å². The molecule has 2 aromatic rings. The Hall–Kier alpha value is -2.63. The van der Waals surface area contributed by atoms with Crippen LogP contribution in [0.2, 0.25) is 0 Å². The molecule has 5 nitrogen and oxygen atoms in total. The highest BCUT2D eigenvalue weighted by Gasteiger charge is 2.32. The molecule has 0 saturated carbocycles. The van der Waals surface area contributed by atoms with Gasteiger partial charge in [-0.2, -0.15) is 0 Å². The molecular weight excluding hydrogens is 424 g/mol. The number of ether oxygens (including phenoxy) is 1. The van der Waals surface area contributed by atoms with Crippen LogP contribution in [-0.2, 0) is 11.2 Å². The monoisotopic (exact) mass is 466 g/mol. The second kappa shape index (κ2) is 14.6. The minimum atomic E-state index is -0.386. The molecule has 0 spiro atoms. The molecule has 1 saturated heterocycles. The average molecular weight is 467 g/mol. The van der Waals surface area contributed by atoms with Crippen LogP contribution in [0.1, 0.15) is 58.1 Å². The summed E-state index contributed by atoms with van der Waals surface area (Å²) in [6.07, 6.45) is 6.54. The second-order valence-corrected chi connectivity index (χ2v) is 9.91. The molecular formula is C29H42N2O3. The van der Waals surface area contributed by atoms with Gasteiger partial charge >= 0.3 is 6.09 Å². The third-order valence-corrected chi connectivity index (χ3v) is 5.76. The van der Waals surface area contributed by atoms with Crippen molar-refractivity contribution < 1.29 is 14.6 Å². The van der Waals surface area contributed by atoms with E-state index in [1.165, 1.54) is 5.56 Å². The van der Waals surface area contributed by atoms with E-state index in [1.54, 1.807) is 0 Å². The van der Waals surface area contributed by atoms with Crippen LogP contribution in [0.15, 0.2) is 66.7 Å². The Labute approximate surface area is 205 Å². The Bertz CT molecular complexity index is 852. The van der Waals surface area contributed by atoms with Crippen LogP contribution in [0, 0.1) is 11.8 Å². The van der Waals surface area contributed by atoms with E-state index in [-0.39, 0.29) is 30.4 Å². The molecule has 34 heavy (non-hydrogen) atoms. The number of hydrogen-bond donors (Lipinski definition) is 3. The number of amides is 1. The SMILES string of the molecule is CC(C)C[C@@H]1NC(=O)OC1/C=C/c1ccccc1.CC(C)C[C@H](N)[C@@H](O)CCc1ccccc1. The molecule has 1 heterocycles. The van der Waals surface area contributed by atoms with Gasteiger partial charge in [0.15, 0.2) is 0 Å². The van der Waals surface area contributed by atoms with E-state index in [0.29, 0.717) is 11.8 Å². The molecule has 4 N–H and O–H groups in total. The number of hydrogen-bond acceptors (Lipinski definition) is 4. The van der Waals surface area contributed by atoms with Gasteiger partial charge in [-0.25, -0.2) is 4.79 Å². The van der Waals surface area contributed by atoms with Crippen molar-refractivity contribution in [2.75, 3.05) is 0 Å². The molecule has 3 rings (SSSR count). The number of alkyl carbamates (subject to hydrolysis) is 1. The molecule has 2 aromatic carbocycles. The van der Waals surface area contributed by atoms with Gasteiger partial charge < -0.3 is 20.9 Å². The summed E-state index contributed by atoms with van der Waals surface area (Å²) in [5.74, 6) is 1.08. The van der Waals surface area contributed by atoms with Gasteiger partial charge in [0.25, 0.3) is 0 Å². The smallest absolute Gasteiger partial charge is 0.408 e. The average Bonchev–Trinajstić information content (AvgIpc) is 3.15. The van der Waals surface area contributed by atoms with Crippen molar-refractivity contribution in [1.29, 1.82) is 0 Å². The summed E-state index contributed by atoms with van der Waals surface area (Å²) in [5, 5.41) is 12.8. The summed E-state index contributed by atoms with van der Waals surface area (Å²) in [5.41, 5.74) is 8.31. The number of rotatable bonds is 10. The number of aliphatic hydroxyl groups is 1. The van der Waals surface area contributed by atoms with Crippen molar-refractivity contribution in [2.45, 2.75) is 77.7 Å². The Morgan fingerprint density at radius 3 is 2.21 bits per heavy atom.